The molecule has 0 aliphatic heterocycles. The zero-order chi connectivity index (χ0) is 14.3. The van der Waals surface area contributed by atoms with Crippen LogP contribution in [0.25, 0.3) is 22.2 Å². The minimum absolute atomic E-state index is 0.162. The molecule has 0 bridgehead atoms. The molecule has 2 heterocycles. The fourth-order valence-corrected chi connectivity index (χ4v) is 2.21. The monoisotopic (exact) mass is 268 g/mol. The number of aromatic nitrogens is 4. The Labute approximate surface area is 118 Å². The van der Waals surface area contributed by atoms with Crippen molar-refractivity contribution in [2.24, 2.45) is 5.41 Å². The van der Waals surface area contributed by atoms with Crippen LogP contribution in [0.4, 0.5) is 0 Å². The maximum atomic E-state index is 4.31. The van der Waals surface area contributed by atoms with E-state index in [1.54, 1.807) is 0 Å². The standard InChI is InChI=1S/C16H20N4/c1-11(16(2,3)4)20-10-15(18-19-20)12-5-6-14-13(9-12)7-8-17-14/h5-11,17H,1-4H3/t11-/m1/s1. The fourth-order valence-electron chi connectivity index (χ4n) is 2.21. The second-order valence-corrected chi connectivity index (χ2v) is 6.41. The summed E-state index contributed by atoms with van der Waals surface area (Å²) in [6, 6.07) is 8.68. The highest BCUT2D eigenvalue weighted by atomic mass is 15.4. The number of aromatic amines is 1. The lowest BCUT2D eigenvalue weighted by molar-refractivity contribution is 0.241. The minimum atomic E-state index is 0.162. The first-order valence-electron chi connectivity index (χ1n) is 6.94. The zero-order valence-corrected chi connectivity index (χ0v) is 12.4. The van der Waals surface area contributed by atoms with Gasteiger partial charge in [0.2, 0.25) is 0 Å². The smallest absolute Gasteiger partial charge is 0.113 e. The quantitative estimate of drug-likeness (QED) is 0.762. The maximum Gasteiger partial charge on any atom is 0.113 e. The summed E-state index contributed by atoms with van der Waals surface area (Å²) >= 11 is 0. The number of nitrogens with zero attached hydrogens (tertiary/aromatic N) is 3. The second-order valence-electron chi connectivity index (χ2n) is 6.41. The molecular weight excluding hydrogens is 248 g/mol. The second kappa shape index (κ2) is 4.47. The molecule has 4 heteroatoms. The third-order valence-corrected chi connectivity index (χ3v) is 4.01. The summed E-state index contributed by atoms with van der Waals surface area (Å²) in [7, 11) is 0. The Bertz CT molecular complexity index is 730. The van der Waals surface area contributed by atoms with Gasteiger partial charge in [-0.2, -0.15) is 0 Å². The van der Waals surface area contributed by atoms with Crippen LogP contribution in [0.15, 0.2) is 36.7 Å². The Morgan fingerprint density at radius 1 is 1.20 bits per heavy atom. The summed E-state index contributed by atoms with van der Waals surface area (Å²) in [6.45, 7) is 8.81. The normalized spacial score (nSPS) is 13.8. The van der Waals surface area contributed by atoms with Crippen molar-refractivity contribution in [2.45, 2.75) is 33.7 Å². The van der Waals surface area contributed by atoms with Crippen LogP contribution in [0.3, 0.4) is 0 Å². The molecule has 2 aromatic heterocycles. The third kappa shape index (κ3) is 2.22. The highest BCUT2D eigenvalue weighted by Gasteiger charge is 2.23. The van der Waals surface area contributed by atoms with Gasteiger partial charge in [0, 0.05) is 22.7 Å². The van der Waals surface area contributed by atoms with Gasteiger partial charge in [-0.1, -0.05) is 32.1 Å². The van der Waals surface area contributed by atoms with Crippen molar-refractivity contribution in [3.63, 3.8) is 0 Å². The van der Waals surface area contributed by atoms with Crippen molar-refractivity contribution in [1.29, 1.82) is 0 Å². The van der Waals surface area contributed by atoms with Crippen LogP contribution >= 0.6 is 0 Å². The summed E-state index contributed by atoms with van der Waals surface area (Å²) in [5, 5.41) is 9.80. The molecule has 0 saturated carbocycles. The molecule has 3 aromatic rings. The highest BCUT2D eigenvalue weighted by Crippen LogP contribution is 2.30. The lowest BCUT2D eigenvalue weighted by Crippen LogP contribution is -2.21. The number of fused-ring (bicyclic) bond motifs is 1. The fraction of sp³-hybridized carbons (Fsp3) is 0.375. The molecule has 20 heavy (non-hydrogen) atoms. The van der Waals surface area contributed by atoms with Crippen LogP contribution in [-0.4, -0.2) is 20.0 Å². The van der Waals surface area contributed by atoms with Crippen LogP contribution in [0.5, 0.6) is 0 Å². The Kier molecular flexibility index (Phi) is 2.89. The van der Waals surface area contributed by atoms with E-state index < -0.39 is 0 Å². The van der Waals surface area contributed by atoms with Gasteiger partial charge in [0.25, 0.3) is 0 Å². The summed E-state index contributed by atoms with van der Waals surface area (Å²) in [5.41, 5.74) is 3.33. The molecule has 1 N–H and O–H groups in total. The maximum absolute atomic E-state index is 4.31. The molecular formula is C16H20N4. The van der Waals surface area contributed by atoms with Crippen LogP contribution in [-0.2, 0) is 0 Å². The predicted molar refractivity (Wildman–Crippen MR) is 81.5 cm³/mol. The lowest BCUT2D eigenvalue weighted by Gasteiger charge is -2.26. The highest BCUT2D eigenvalue weighted by molar-refractivity contribution is 5.84. The minimum Gasteiger partial charge on any atom is -0.361 e. The van der Waals surface area contributed by atoms with E-state index in [1.165, 1.54) is 5.39 Å². The number of hydrogen-bond acceptors (Lipinski definition) is 2. The van der Waals surface area contributed by atoms with Crippen LogP contribution in [0.2, 0.25) is 0 Å². The number of rotatable bonds is 2. The van der Waals surface area contributed by atoms with Crippen molar-refractivity contribution >= 4 is 10.9 Å². The first-order valence-corrected chi connectivity index (χ1v) is 6.94. The molecule has 0 amide bonds. The lowest BCUT2D eigenvalue weighted by atomic mass is 9.88. The molecule has 0 spiro atoms. The van der Waals surface area contributed by atoms with Crippen LogP contribution in [0.1, 0.15) is 33.7 Å². The summed E-state index contributed by atoms with van der Waals surface area (Å²) in [6.07, 6.45) is 3.98. The summed E-state index contributed by atoms with van der Waals surface area (Å²) in [4.78, 5) is 3.20. The number of nitrogens with one attached hydrogen (secondary N) is 1. The van der Waals surface area contributed by atoms with E-state index >= 15 is 0 Å². The van der Waals surface area contributed by atoms with Gasteiger partial charge in [-0.05, 0) is 30.5 Å². The van der Waals surface area contributed by atoms with E-state index in [-0.39, 0.29) is 5.41 Å². The first-order chi connectivity index (χ1) is 9.45. The number of H-pyrrole nitrogens is 1. The molecule has 0 radical (unpaired) electrons. The molecule has 1 aromatic carbocycles. The Morgan fingerprint density at radius 3 is 2.75 bits per heavy atom. The van der Waals surface area contributed by atoms with Gasteiger partial charge >= 0.3 is 0 Å². The van der Waals surface area contributed by atoms with E-state index in [1.807, 2.05) is 17.1 Å². The Morgan fingerprint density at radius 2 is 2.00 bits per heavy atom. The van der Waals surface area contributed by atoms with Crippen LogP contribution in [0, 0.1) is 5.41 Å². The van der Waals surface area contributed by atoms with E-state index in [2.05, 4.69) is 67.3 Å². The largest absolute Gasteiger partial charge is 0.361 e. The third-order valence-electron chi connectivity index (χ3n) is 4.01. The zero-order valence-electron chi connectivity index (χ0n) is 12.4. The Balaban J connectivity index is 1.97. The first kappa shape index (κ1) is 12.9. The average molecular weight is 268 g/mol. The van der Waals surface area contributed by atoms with E-state index in [4.69, 9.17) is 0 Å². The molecule has 1 atom stereocenters. The molecule has 0 fully saturated rings. The summed E-state index contributed by atoms with van der Waals surface area (Å²) in [5.74, 6) is 0. The predicted octanol–water partition coefficient (Wildman–Crippen LogP) is 4.03. The van der Waals surface area contributed by atoms with Crippen molar-refractivity contribution in [3.8, 4) is 11.3 Å². The molecule has 0 aliphatic carbocycles. The molecule has 104 valence electrons. The van der Waals surface area contributed by atoms with E-state index in [9.17, 15) is 0 Å². The van der Waals surface area contributed by atoms with Crippen molar-refractivity contribution in [3.05, 3.63) is 36.7 Å². The SMILES string of the molecule is C[C@@H](n1cc(-c2ccc3[nH]ccc3c2)nn1)C(C)(C)C. The Hall–Kier alpha value is -2.10. The summed E-state index contributed by atoms with van der Waals surface area (Å²) < 4.78 is 1.96. The van der Waals surface area contributed by atoms with E-state index in [0.29, 0.717) is 6.04 Å². The topological polar surface area (TPSA) is 46.5 Å². The van der Waals surface area contributed by atoms with Crippen molar-refractivity contribution < 1.29 is 0 Å². The van der Waals surface area contributed by atoms with Gasteiger partial charge in [0.1, 0.15) is 5.69 Å². The van der Waals surface area contributed by atoms with Crippen molar-refractivity contribution in [2.75, 3.05) is 0 Å². The number of hydrogen-bond donors (Lipinski definition) is 1. The molecule has 0 unspecified atom stereocenters. The molecule has 3 rings (SSSR count). The van der Waals surface area contributed by atoms with Gasteiger partial charge in [-0.25, -0.2) is 4.68 Å². The van der Waals surface area contributed by atoms with Gasteiger partial charge in [0.15, 0.2) is 0 Å². The molecule has 0 saturated heterocycles. The van der Waals surface area contributed by atoms with E-state index in [0.717, 1.165) is 16.8 Å². The van der Waals surface area contributed by atoms with Gasteiger partial charge in [-0.15, -0.1) is 5.10 Å². The molecule has 0 aliphatic rings. The van der Waals surface area contributed by atoms with Gasteiger partial charge < -0.3 is 4.98 Å². The van der Waals surface area contributed by atoms with Crippen LogP contribution < -0.4 is 0 Å². The number of benzene rings is 1. The van der Waals surface area contributed by atoms with Gasteiger partial charge in [0.05, 0.1) is 12.2 Å². The van der Waals surface area contributed by atoms with Crippen molar-refractivity contribution in [1.82, 2.24) is 20.0 Å². The van der Waals surface area contributed by atoms with Gasteiger partial charge in [-0.3, -0.25) is 0 Å². The average Bonchev–Trinajstić information content (AvgIpc) is 3.04. The molecule has 4 nitrogen and oxygen atoms in total.